The molecule has 4 heteroatoms. The van der Waals surface area contributed by atoms with Gasteiger partial charge in [0.05, 0.1) is 12.3 Å². The molecule has 0 saturated carbocycles. The van der Waals surface area contributed by atoms with Crippen LogP contribution in [0.25, 0.3) is 0 Å². The van der Waals surface area contributed by atoms with Crippen molar-refractivity contribution in [2.24, 2.45) is 0 Å². The van der Waals surface area contributed by atoms with E-state index in [0.717, 1.165) is 36.6 Å². The fraction of sp³-hybridized carbons (Fsp3) is 0.643. The van der Waals surface area contributed by atoms with E-state index in [2.05, 4.69) is 24.1 Å². The van der Waals surface area contributed by atoms with Gasteiger partial charge in [0.2, 0.25) is 0 Å². The minimum absolute atomic E-state index is 0.0183. The van der Waals surface area contributed by atoms with Crippen molar-refractivity contribution in [2.75, 3.05) is 26.8 Å². The molecule has 0 saturated heterocycles. The van der Waals surface area contributed by atoms with Gasteiger partial charge < -0.3 is 14.8 Å². The van der Waals surface area contributed by atoms with Crippen LogP contribution in [0.15, 0.2) is 12.1 Å². The highest BCUT2D eigenvalue weighted by Gasteiger charge is 2.12. The summed E-state index contributed by atoms with van der Waals surface area (Å²) in [5, 5.41) is 3.28. The van der Waals surface area contributed by atoms with E-state index in [1.165, 1.54) is 0 Å². The van der Waals surface area contributed by atoms with E-state index in [1.807, 2.05) is 19.1 Å². The third kappa shape index (κ3) is 4.63. The molecule has 4 nitrogen and oxygen atoms in total. The van der Waals surface area contributed by atoms with Crippen molar-refractivity contribution < 1.29 is 9.47 Å². The van der Waals surface area contributed by atoms with Crippen molar-refractivity contribution in [2.45, 2.75) is 33.3 Å². The maximum atomic E-state index is 5.98. The second-order valence-electron chi connectivity index (χ2n) is 4.25. The maximum absolute atomic E-state index is 5.98. The summed E-state index contributed by atoms with van der Waals surface area (Å²) >= 11 is 0. The number of hydrogen-bond acceptors (Lipinski definition) is 4. The zero-order valence-corrected chi connectivity index (χ0v) is 11.8. The molecule has 0 amide bonds. The second kappa shape index (κ2) is 8.06. The summed E-state index contributed by atoms with van der Waals surface area (Å²) < 4.78 is 11.2. The molecule has 1 rings (SSSR count). The molecule has 0 fully saturated rings. The quantitative estimate of drug-likeness (QED) is 0.768. The van der Waals surface area contributed by atoms with Crippen LogP contribution in [0.2, 0.25) is 0 Å². The first-order chi connectivity index (χ1) is 8.71. The molecule has 1 unspecified atom stereocenters. The molecular weight excluding hydrogens is 228 g/mol. The summed E-state index contributed by atoms with van der Waals surface area (Å²) in [5.41, 5.74) is 2.03. The topological polar surface area (TPSA) is 43.4 Å². The third-order valence-corrected chi connectivity index (χ3v) is 2.67. The number of aromatic nitrogens is 1. The van der Waals surface area contributed by atoms with E-state index >= 15 is 0 Å². The van der Waals surface area contributed by atoms with Crippen LogP contribution < -0.4 is 10.1 Å². The molecule has 1 aromatic rings. The van der Waals surface area contributed by atoms with Crippen molar-refractivity contribution in [1.29, 1.82) is 0 Å². The third-order valence-electron chi connectivity index (χ3n) is 2.67. The number of pyridine rings is 1. The van der Waals surface area contributed by atoms with Crippen LogP contribution in [-0.2, 0) is 11.2 Å². The minimum atomic E-state index is 0.0183. The molecule has 0 aliphatic carbocycles. The summed E-state index contributed by atoms with van der Waals surface area (Å²) in [6.45, 7) is 8.44. The predicted octanol–water partition coefficient (Wildman–Crippen LogP) is 1.96. The van der Waals surface area contributed by atoms with Gasteiger partial charge in [0.1, 0.15) is 11.9 Å². The van der Waals surface area contributed by atoms with E-state index in [1.54, 1.807) is 7.11 Å². The van der Waals surface area contributed by atoms with E-state index in [-0.39, 0.29) is 6.10 Å². The summed E-state index contributed by atoms with van der Waals surface area (Å²) in [6, 6.07) is 3.97. The molecule has 0 aliphatic heterocycles. The van der Waals surface area contributed by atoms with Crippen LogP contribution in [0.3, 0.4) is 0 Å². The summed E-state index contributed by atoms with van der Waals surface area (Å²) in [6.07, 6.45) is 0.891. The Morgan fingerprint density at radius 2 is 2.11 bits per heavy atom. The molecule has 1 heterocycles. The van der Waals surface area contributed by atoms with Gasteiger partial charge in [-0.3, -0.25) is 4.98 Å². The molecule has 0 radical (unpaired) electrons. The number of hydrogen-bond donors (Lipinski definition) is 1. The van der Waals surface area contributed by atoms with Crippen molar-refractivity contribution in [3.63, 3.8) is 0 Å². The largest absolute Gasteiger partial charge is 0.485 e. The van der Waals surface area contributed by atoms with Crippen LogP contribution >= 0.6 is 0 Å². The molecule has 102 valence electrons. The molecule has 0 spiro atoms. The van der Waals surface area contributed by atoms with Gasteiger partial charge in [-0.05, 0) is 32.0 Å². The molecular formula is C14H24N2O2. The fourth-order valence-corrected chi connectivity index (χ4v) is 1.76. The first-order valence-corrected chi connectivity index (χ1v) is 6.54. The Morgan fingerprint density at radius 1 is 1.33 bits per heavy atom. The van der Waals surface area contributed by atoms with Crippen molar-refractivity contribution in [1.82, 2.24) is 10.3 Å². The summed E-state index contributed by atoms with van der Waals surface area (Å²) in [4.78, 5) is 4.50. The number of likely N-dealkylation sites (N-methyl/N-ethyl adjacent to an activating group) is 1. The lowest BCUT2D eigenvalue weighted by Gasteiger charge is -2.20. The van der Waals surface area contributed by atoms with Crippen molar-refractivity contribution in [3.05, 3.63) is 23.5 Å². The van der Waals surface area contributed by atoms with E-state index in [4.69, 9.17) is 9.47 Å². The zero-order valence-electron chi connectivity index (χ0n) is 11.8. The monoisotopic (exact) mass is 252 g/mol. The fourth-order valence-electron chi connectivity index (χ4n) is 1.76. The Bertz CT molecular complexity index is 356. The molecule has 1 aromatic heterocycles. The van der Waals surface area contributed by atoms with Gasteiger partial charge >= 0.3 is 0 Å². The SMILES string of the molecule is CCNCC(COC)Oc1ccc(C)nc1CC. The standard InChI is InChI=1S/C14H24N2O2/c1-5-13-14(8-7-11(3)16-13)18-12(10-17-4)9-15-6-2/h7-8,12,15H,5-6,9-10H2,1-4H3. The highest BCUT2D eigenvalue weighted by Crippen LogP contribution is 2.18. The van der Waals surface area contributed by atoms with Crippen molar-refractivity contribution >= 4 is 0 Å². The van der Waals surface area contributed by atoms with Gasteiger partial charge in [0.25, 0.3) is 0 Å². The normalized spacial score (nSPS) is 12.4. The Labute approximate surface area is 110 Å². The average Bonchev–Trinajstić information content (AvgIpc) is 2.38. The number of methoxy groups -OCH3 is 1. The molecule has 18 heavy (non-hydrogen) atoms. The van der Waals surface area contributed by atoms with Gasteiger partial charge in [0.15, 0.2) is 0 Å². The van der Waals surface area contributed by atoms with Gasteiger partial charge in [-0.1, -0.05) is 13.8 Å². The van der Waals surface area contributed by atoms with Crippen LogP contribution in [-0.4, -0.2) is 37.9 Å². The highest BCUT2D eigenvalue weighted by molar-refractivity contribution is 5.29. The molecule has 0 aromatic carbocycles. The summed E-state index contributed by atoms with van der Waals surface area (Å²) in [7, 11) is 1.69. The van der Waals surface area contributed by atoms with Crippen molar-refractivity contribution in [3.8, 4) is 5.75 Å². The Balaban J connectivity index is 2.72. The van der Waals surface area contributed by atoms with E-state index in [9.17, 15) is 0 Å². The molecule has 1 atom stereocenters. The molecule has 0 bridgehead atoms. The van der Waals surface area contributed by atoms with Crippen LogP contribution in [0.4, 0.5) is 0 Å². The van der Waals surface area contributed by atoms with E-state index in [0.29, 0.717) is 6.61 Å². The van der Waals surface area contributed by atoms with Crippen LogP contribution in [0.5, 0.6) is 5.75 Å². The zero-order chi connectivity index (χ0) is 13.4. The maximum Gasteiger partial charge on any atom is 0.141 e. The molecule has 0 aliphatic rings. The number of aryl methyl sites for hydroxylation is 2. The number of nitrogens with one attached hydrogen (secondary N) is 1. The summed E-state index contributed by atoms with van der Waals surface area (Å²) in [5.74, 6) is 0.864. The van der Waals surface area contributed by atoms with Gasteiger partial charge in [0, 0.05) is 19.3 Å². The van der Waals surface area contributed by atoms with E-state index < -0.39 is 0 Å². The lowest BCUT2D eigenvalue weighted by Crippen LogP contribution is -2.35. The highest BCUT2D eigenvalue weighted by atomic mass is 16.5. The Morgan fingerprint density at radius 3 is 2.72 bits per heavy atom. The molecule has 1 N–H and O–H groups in total. The number of ether oxygens (including phenoxy) is 2. The average molecular weight is 252 g/mol. The Hall–Kier alpha value is -1.13. The first kappa shape index (κ1) is 14.9. The first-order valence-electron chi connectivity index (χ1n) is 6.54. The lowest BCUT2D eigenvalue weighted by molar-refractivity contribution is 0.0800. The minimum Gasteiger partial charge on any atom is -0.485 e. The van der Waals surface area contributed by atoms with Gasteiger partial charge in [-0.2, -0.15) is 0 Å². The lowest BCUT2D eigenvalue weighted by atomic mass is 10.2. The van der Waals surface area contributed by atoms with Gasteiger partial charge in [-0.25, -0.2) is 0 Å². The number of rotatable bonds is 8. The predicted molar refractivity (Wildman–Crippen MR) is 73.2 cm³/mol. The smallest absolute Gasteiger partial charge is 0.141 e. The number of nitrogens with zero attached hydrogens (tertiary/aromatic N) is 1. The second-order valence-corrected chi connectivity index (χ2v) is 4.25. The van der Waals surface area contributed by atoms with Crippen LogP contribution in [0, 0.1) is 6.92 Å². The van der Waals surface area contributed by atoms with Crippen LogP contribution in [0.1, 0.15) is 25.2 Å². The Kier molecular flexibility index (Phi) is 6.68. The van der Waals surface area contributed by atoms with Gasteiger partial charge in [-0.15, -0.1) is 0 Å².